The van der Waals surface area contributed by atoms with Crippen LogP contribution in [0.25, 0.3) is 0 Å². The molecule has 0 aromatic heterocycles. The number of esters is 3. The summed E-state index contributed by atoms with van der Waals surface area (Å²) in [5.41, 5.74) is -3.55. The lowest BCUT2D eigenvalue weighted by atomic mass is 9.33. The van der Waals surface area contributed by atoms with Crippen LogP contribution in [-0.2, 0) is 71.3 Å². The van der Waals surface area contributed by atoms with Gasteiger partial charge in [-0.3, -0.25) is 4.79 Å². The lowest BCUT2D eigenvalue weighted by Gasteiger charge is -2.72. The Morgan fingerprint density at radius 3 is 1.70 bits per heavy atom. The predicted molar refractivity (Wildman–Crippen MR) is 316 cm³/mol. The Bertz CT molecular complexity index is 2790. The largest absolute Gasteiger partial charge is 0.479 e. The van der Waals surface area contributed by atoms with Crippen molar-refractivity contribution in [2.24, 2.45) is 50.2 Å². The number of fused-ring (bicyclic) bond motifs is 7. The van der Waals surface area contributed by atoms with Gasteiger partial charge >= 0.3 is 23.9 Å². The average Bonchev–Trinajstić information content (AvgIpc) is 0.736. The summed E-state index contributed by atoms with van der Waals surface area (Å²) in [6.45, 7) is 21.5. The molecule has 8 fully saturated rings. The number of aliphatic hydroxyl groups is 11. The van der Waals surface area contributed by atoms with Crippen LogP contribution in [0, 0.1) is 50.2 Å². The van der Waals surface area contributed by atoms with Gasteiger partial charge in [0, 0.05) is 18.1 Å². The van der Waals surface area contributed by atoms with Crippen molar-refractivity contribution in [3.63, 3.8) is 0 Å². The summed E-state index contributed by atoms with van der Waals surface area (Å²) in [6.07, 6.45) is -28.8. The first-order valence-corrected chi connectivity index (χ1v) is 32.3. The number of hydrogen-bond acceptors (Lipinski definition) is 26. The van der Waals surface area contributed by atoms with Gasteiger partial charge in [0.1, 0.15) is 79.4 Å². The quantitative estimate of drug-likeness (QED) is 0.0314. The van der Waals surface area contributed by atoms with Gasteiger partial charge in [-0.1, -0.05) is 72.3 Å². The fourth-order valence-corrected chi connectivity index (χ4v) is 17.9. The van der Waals surface area contributed by atoms with Gasteiger partial charge in [-0.25, -0.2) is 14.4 Å². The van der Waals surface area contributed by atoms with E-state index in [4.69, 9.17) is 52.1 Å². The number of hydrogen-bond donors (Lipinski definition) is 12. The molecule has 4 heterocycles. The summed E-state index contributed by atoms with van der Waals surface area (Å²) in [7, 11) is 0. The molecule has 27 heteroatoms. The minimum absolute atomic E-state index is 0.0439. The molecule has 4 saturated carbocycles. The molecule has 0 aromatic carbocycles. The minimum Gasteiger partial charge on any atom is -0.479 e. The van der Waals surface area contributed by atoms with Gasteiger partial charge in [-0.15, -0.1) is 0 Å². The Morgan fingerprint density at radius 2 is 1.14 bits per heavy atom. The molecule has 9 aliphatic rings. The highest BCUT2D eigenvalue weighted by Crippen LogP contribution is 2.76. The number of carboxylic acids is 1. The Labute approximate surface area is 535 Å². The molecule has 4 saturated heterocycles. The summed E-state index contributed by atoms with van der Waals surface area (Å²) in [6, 6.07) is 0. The molecular weight excluding hydrogens is 1210 g/mol. The van der Waals surface area contributed by atoms with Gasteiger partial charge in [0.25, 0.3) is 0 Å². The molecule has 10 unspecified atom stereocenters. The second-order valence-corrected chi connectivity index (χ2v) is 29.3. The molecule has 30 atom stereocenters. The van der Waals surface area contributed by atoms with E-state index < -0.39 is 223 Å². The lowest BCUT2D eigenvalue weighted by Crippen LogP contribution is -2.73. The SMILES string of the molecule is C/C=C(/C)C(=O)O[C@@H]1C(O)[C@H](O[C@H]2[C@H](OC(C)=O)[C@@]3(CO)C(CC2(C)C)C2=CCC4[C@@]5(C)CC[C@H](O[C@@H]6OC(C(=O)O)[C@@H](O)[C@@H](O[C@@H]7O[C@@H](CO)C(O)[C@@H]7O)C6O[C@@H]6OC(CO)[C@H](O)[C@@H](O)C6O)C(C)(C)C5CC[C@@]4(C)[C@]2(C)C[C@H]3O)OC(C)[C@@H]1OC(=O)/C(C)=C\C. The van der Waals surface area contributed by atoms with Crippen molar-refractivity contribution in [1.29, 1.82) is 0 Å². The van der Waals surface area contributed by atoms with E-state index in [-0.39, 0.29) is 35.8 Å². The van der Waals surface area contributed by atoms with E-state index in [1.54, 1.807) is 33.8 Å². The molecule has 5 aliphatic carbocycles. The fourth-order valence-electron chi connectivity index (χ4n) is 17.9. The number of carboxylic acid groups (broad SMARTS) is 1. The summed E-state index contributed by atoms with van der Waals surface area (Å²) in [5, 5.41) is 134. The number of allylic oxidation sites excluding steroid dienone is 4. The summed E-state index contributed by atoms with van der Waals surface area (Å²) in [4.78, 5) is 53.0. The monoisotopic (exact) mass is 1310 g/mol. The molecule has 92 heavy (non-hydrogen) atoms. The summed E-state index contributed by atoms with van der Waals surface area (Å²) < 4.78 is 67.8. The molecular formula is C65H100O27. The Balaban J connectivity index is 1.01. The lowest BCUT2D eigenvalue weighted by molar-refractivity contribution is -0.386. The van der Waals surface area contributed by atoms with Crippen molar-refractivity contribution in [3.05, 3.63) is 34.9 Å². The van der Waals surface area contributed by atoms with Crippen molar-refractivity contribution in [1.82, 2.24) is 0 Å². The Morgan fingerprint density at radius 1 is 0.587 bits per heavy atom. The molecule has 522 valence electrons. The van der Waals surface area contributed by atoms with Crippen LogP contribution in [-0.4, -0.2) is 246 Å². The predicted octanol–water partition coefficient (Wildman–Crippen LogP) is 0.715. The first-order valence-electron chi connectivity index (χ1n) is 32.3. The molecule has 27 nitrogen and oxygen atoms in total. The molecule has 0 spiro atoms. The van der Waals surface area contributed by atoms with Crippen molar-refractivity contribution < 1.29 is 133 Å². The Kier molecular flexibility index (Phi) is 21.3. The topological polar surface area (TPSA) is 413 Å². The van der Waals surface area contributed by atoms with E-state index in [0.29, 0.717) is 32.1 Å². The molecule has 9 rings (SSSR count). The van der Waals surface area contributed by atoms with Crippen LogP contribution in [0.15, 0.2) is 34.9 Å². The van der Waals surface area contributed by atoms with E-state index >= 15 is 0 Å². The smallest absolute Gasteiger partial charge is 0.335 e. The average molecular weight is 1310 g/mol. The Hall–Kier alpha value is -3.66. The molecule has 0 aromatic rings. The second-order valence-electron chi connectivity index (χ2n) is 29.3. The van der Waals surface area contributed by atoms with Crippen LogP contribution in [0.4, 0.5) is 0 Å². The van der Waals surface area contributed by atoms with Crippen LogP contribution in [0.1, 0.15) is 135 Å². The van der Waals surface area contributed by atoms with Crippen LogP contribution in [0.2, 0.25) is 0 Å². The van der Waals surface area contributed by atoms with Gasteiger partial charge in [0.15, 0.2) is 43.5 Å². The number of rotatable bonds is 17. The maximum absolute atomic E-state index is 13.5. The molecule has 0 radical (unpaired) electrons. The highest BCUT2D eigenvalue weighted by Gasteiger charge is 2.74. The highest BCUT2D eigenvalue weighted by atomic mass is 16.8. The van der Waals surface area contributed by atoms with E-state index in [1.165, 1.54) is 19.9 Å². The standard InChI is InChI=1S/C65H100O27/c1-14-27(3)54(80)87-46-29(5)82-58(45(77)48(46)88-55(81)28(4)15-2)92-51-52(83-30(6)69)65(26-68)32(22-60(51,7)8)31-16-17-36-62(11)20-19-38(61(9,10)35(62)18-21-63(36,12)64(31,13)23-37(65)70)86-59-50(91-57-43(75)41(73)39(71)33(24-66)84-57)47(44(76)49(90-59)53(78)79)89-56-42(74)40(72)34(25-67)85-56/h14-16,29,32-52,56-59,66-68,70-77H,17-26H2,1-13H3,(H,78,79)/b27-14-,28-15-/t29?,32?,33?,34-,35?,36?,37+,38-,39-,40?,41+,42-,43?,44-,45?,46-,47+,48+,49?,50?,51-,52-,56-,57-,58-,59+,62-,63+,64+,65-/m0/s1. The number of aliphatic hydroxyl groups excluding tert-OH is 11. The van der Waals surface area contributed by atoms with Gasteiger partial charge in [0.05, 0.1) is 43.5 Å². The van der Waals surface area contributed by atoms with Gasteiger partial charge < -0.3 is 113 Å². The molecule has 12 N–H and O–H groups in total. The third-order valence-corrected chi connectivity index (χ3v) is 23.6. The summed E-state index contributed by atoms with van der Waals surface area (Å²) in [5.74, 6) is -4.65. The van der Waals surface area contributed by atoms with E-state index in [1.807, 2.05) is 27.7 Å². The third-order valence-electron chi connectivity index (χ3n) is 23.6. The maximum Gasteiger partial charge on any atom is 0.335 e. The minimum atomic E-state index is -2.13. The van der Waals surface area contributed by atoms with Gasteiger partial charge in [-0.2, -0.15) is 0 Å². The van der Waals surface area contributed by atoms with Crippen LogP contribution in [0.5, 0.6) is 0 Å². The zero-order valence-corrected chi connectivity index (χ0v) is 54.8. The highest BCUT2D eigenvalue weighted by molar-refractivity contribution is 5.88. The van der Waals surface area contributed by atoms with Crippen LogP contribution in [0.3, 0.4) is 0 Å². The molecule has 0 amide bonds. The van der Waals surface area contributed by atoms with E-state index in [0.717, 1.165) is 5.57 Å². The van der Waals surface area contributed by atoms with Crippen LogP contribution < -0.4 is 0 Å². The molecule has 0 bridgehead atoms. The third kappa shape index (κ3) is 12.2. The zero-order valence-electron chi connectivity index (χ0n) is 54.8. The number of carbonyl (C=O) groups excluding carboxylic acids is 3. The first kappa shape index (κ1) is 72.6. The first-order chi connectivity index (χ1) is 43.0. The van der Waals surface area contributed by atoms with Crippen molar-refractivity contribution in [3.8, 4) is 0 Å². The van der Waals surface area contributed by atoms with E-state index in [2.05, 4.69) is 26.8 Å². The van der Waals surface area contributed by atoms with E-state index in [9.17, 15) is 80.5 Å². The second kappa shape index (κ2) is 27.0. The van der Waals surface area contributed by atoms with Crippen molar-refractivity contribution >= 4 is 23.9 Å². The molecule has 4 aliphatic heterocycles. The van der Waals surface area contributed by atoms with Crippen molar-refractivity contribution in [2.75, 3.05) is 19.8 Å². The number of carbonyl (C=O) groups is 4. The number of ether oxygens (including phenoxy) is 11. The van der Waals surface area contributed by atoms with Gasteiger partial charge in [-0.05, 0) is 124 Å². The normalized spacial score (nSPS) is 48.4. The number of aliphatic carboxylic acids is 1. The fraction of sp³-hybridized carbons (Fsp3) is 0.846. The zero-order chi connectivity index (χ0) is 68.0. The van der Waals surface area contributed by atoms with Crippen molar-refractivity contribution in [2.45, 2.75) is 276 Å². The summed E-state index contributed by atoms with van der Waals surface area (Å²) >= 11 is 0. The van der Waals surface area contributed by atoms with Gasteiger partial charge in [0.2, 0.25) is 0 Å². The maximum atomic E-state index is 13.5. The van der Waals surface area contributed by atoms with Crippen LogP contribution >= 0.6 is 0 Å².